The molecule has 2 aliphatic carbocycles. The Bertz CT molecular complexity index is 116. The lowest BCUT2D eigenvalue weighted by Crippen LogP contribution is -2.28. The maximum atomic E-state index is 5.80. The normalized spacial score (nSPS) is 30.3. The average Bonchev–Trinajstić information content (AvgIpc) is 2.58. The summed E-state index contributed by atoms with van der Waals surface area (Å²) in [6.07, 6.45) is 5.43. The van der Waals surface area contributed by atoms with E-state index < -0.39 is 0 Å². The average molecular weight is 127 g/mol. The van der Waals surface area contributed by atoms with Crippen LogP contribution in [0.5, 0.6) is 0 Å². The van der Waals surface area contributed by atoms with Crippen molar-refractivity contribution in [3.63, 3.8) is 0 Å². The van der Waals surface area contributed by atoms with Gasteiger partial charge in [-0.2, -0.15) is 0 Å². The second-order valence-corrected chi connectivity index (χ2v) is 3.37. The summed E-state index contributed by atoms with van der Waals surface area (Å²) in [5, 5.41) is 0. The summed E-state index contributed by atoms with van der Waals surface area (Å²) in [4.78, 5) is 0. The molecule has 0 aliphatic heterocycles. The van der Waals surface area contributed by atoms with Crippen LogP contribution in [0, 0.1) is 0 Å². The van der Waals surface area contributed by atoms with Gasteiger partial charge < -0.3 is 10.5 Å². The van der Waals surface area contributed by atoms with Crippen LogP contribution >= 0.6 is 0 Å². The molecule has 0 bridgehead atoms. The van der Waals surface area contributed by atoms with Crippen LogP contribution in [0.25, 0.3) is 0 Å². The minimum atomic E-state index is 0.0998. The Labute approximate surface area is 55.4 Å². The van der Waals surface area contributed by atoms with Gasteiger partial charge in [-0.3, -0.25) is 0 Å². The number of ether oxygens (including phenoxy) is 1. The molecular weight excluding hydrogens is 114 g/mol. The smallest absolute Gasteiger partial charge is 0.0649 e. The van der Waals surface area contributed by atoms with Gasteiger partial charge >= 0.3 is 0 Å². The summed E-state index contributed by atoms with van der Waals surface area (Å²) >= 11 is 0. The Morgan fingerprint density at radius 1 is 1.44 bits per heavy atom. The predicted molar refractivity (Wildman–Crippen MR) is 35.1 cm³/mol. The minimum absolute atomic E-state index is 0.0998. The van der Waals surface area contributed by atoms with Crippen LogP contribution in [0.4, 0.5) is 0 Å². The predicted octanol–water partition coefficient (Wildman–Crippen LogP) is 0.657. The third-order valence-electron chi connectivity index (χ3n) is 2.02. The number of hydrogen-bond acceptors (Lipinski definition) is 2. The van der Waals surface area contributed by atoms with E-state index in [2.05, 4.69) is 0 Å². The van der Waals surface area contributed by atoms with Gasteiger partial charge in [0, 0.05) is 5.54 Å². The maximum Gasteiger partial charge on any atom is 0.0649 e. The summed E-state index contributed by atoms with van der Waals surface area (Å²) in [6.45, 7) is 0.803. The fraction of sp³-hybridized carbons (Fsp3) is 1.00. The van der Waals surface area contributed by atoms with Crippen molar-refractivity contribution in [1.29, 1.82) is 0 Å². The molecule has 2 heteroatoms. The lowest BCUT2D eigenvalue weighted by molar-refractivity contribution is 0.101. The van der Waals surface area contributed by atoms with E-state index in [4.69, 9.17) is 10.5 Å². The van der Waals surface area contributed by atoms with E-state index in [-0.39, 0.29) is 5.54 Å². The Morgan fingerprint density at radius 2 is 2.11 bits per heavy atom. The number of rotatable bonds is 3. The van der Waals surface area contributed by atoms with Crippen LogP contribution in [-0.4, -0.2) is 18.2 Å². The van der Waals surface area contributed by atoms with Gasteiger partial charge in [-0.25, -0.2) is 0 Å². The van der Waals surface area contributed by atoms with Crippen LogP contribution in [0.15, 0.2) is 0 Å². The largest absolute Gasteiger partial charge is 0.376 e. The van der Waals surface area contributed by atoms with Crippen molar-refractivity contribution in [2.45, 2.75) is 37.3 Å². The first-order chi connectivity index (χ1) is 4.29. The van der Waals surface area contributed by atoms with Crippen molar-refractivity contribution in [3.8, 4) is 0 Å². The van der Waals surface area contributed by atoms with Gasteiger partial charge in [0.25, 0.3) is 0 Å². The van der Waals surface area contributed by atoms with E-state index in [1.807, 2.05) is 0 Å². The van der Waals surface area contributed by atoms with Crippen molar-refractivity contribution in [3.05, 3.63) is 0 Å². The van der Waals surface area contributed by atoms with Crippen molar-refractivity contribution in [1.82, 2.24) is 0 Å². The molecular formula is C7H13NO. The zero-order chi connectivity index (χ0) is 6.32. The van der Waals surface area contributed by atoms with Gasteiger partial charge in [-0.15, -0.1) is 0 Å². The van der Waals surface area contributed by atoms with Gasteiger partial charge in [-0.05, 0) is 25.7 Å². The molecule has 0 aromatic rings. The summed E-state index contributed by atoms with van der Waals surface area (Å²) in [7, 11) is 0. The molecule has 2 saturated carbocycles. The Kier molecular flexibility index (Phi) is 1.08. The standard InChI is InChI=1S/C7H13NO/c8-7(3-4-7)5-9-6-1-2-6/h6H,1-5,8H2. The Morgan fingerprint density at radius 3 is 2.56 bits per heavy atom. The molecule has 9 heavy (non-hydrogen) atoms. The Balaban J connectivity index is 1.65. The molecule has 0 heterocycles. The lowest BCUT2D eigenvalue weighted by Gasteiger charge is -2.07. The molecule has 0 spiro atoms. The fourth-order valence-corrected chi connectivity index (χ4v) is 0.823. The Hall–Kier alpha value is -0.0800. The molecule has 2 aliphatic rings. The first kappa shape index (κ1) is 5.69. The summed E-state index contributed by atoms with van der Waals surface area (Å²) in [5.41, 5.74) is 5.90. The number of nitrogens with two attached hydrogens (primary N) is 1. The highest BCUT2D eigenvalue weighted by atomic mass is 16.5. The van der Waals surface area contributed by atoms with E-state index in [1.54, 1.807) is 0 Å². The molecule has 0 atom stereocenters. The molecule has 0 radical (unpaired) electrons. The summed E-state index contributed by atoms with van der Waals surface area (Å²) < 4.78 is 5.45. The molecule has 52 valence electrons. The maximum absolute atomic E-state index is 5.80. The summed E-state index contributed by atoms with van der Waals surface area (Å²) in [5.74, 6) is 0. The fourth-order valence-electron chi connectivity index (χ4n) is 0.823. The van der Waals surface area contributed by atoms with Crippen molar-refractivity contribution in [2.24, 2.45) is 5.73 Å². The quantitative estimate of drug-likeness (QED) is 0.604. The van der Waals surface area contributed by atoms with Crippen molar-refractivity contribution < 1.29 is 4.74 Å². The molecule has 0 amide bonds. The van der Waals surface area contributed by atoms with Gasteiger partial charge in [-0.1, -0.05) is 0 Å². The molecule has 0 aromatic heterocycles. The molecule has 2 N–H and O–H groups in total. The molecule has 0 unspecified atom stereocenters. The SMILES string of the molecule is NC1(COC2CC2)CC1. The number of hydrogen-bond donors (Lipinski definition) is 1. The van der Waals surface area contributed by atoms with Gasteiger partial charge in [0.2, 0.25) is 0 Å². The van der Waals surface area contributed by atoms with Gasteiger partial charge in [0.15, 0.2) is 0 Å². The lowest BCUT2D eigenvalue weighted by atomic mass is 10.3. The topological polar surface area (TPSA) is 35.2 Å². The van der Waals surface area contributed by atoms with Crippen molar-refractivity contribution in [2.75, 3.05) is 6.61 Å². The van der Waals surface area contributed by atoms with Crippen LogP contribution in [0.2, 0.25) is 0 Å². The van der Waals surface area contributed by atoms with E-state index in [9.17, 15) is 0 Å². The third-order valence-corrected chi connectivity index (χ3v) is 2.02. The first-order valence-corrected chi connectivity index (χ1v) is 3.69. The molecule has 0 saturated heterocycles. The highest BCUT2D eigenvalue weighted by molar-refractivity contribution is 4.99. The zero-order valence-corrected chi connectivity index (χ0v) is 5.60. The van der Waals surface area contributed by atoms with Crippen LogP contribution in [0.3, 0.4) is 0 Å². The van der Waals surface area contributed by atoms with Crippen molar-refractivity contribution >= 4 is 0 Å². The monoisotopic (exact) mass is 127 g/mol. The molecule has 0 aromatic carbocycles. The molecule has 2 fully saturated rings. The second kappa shape index (κ2) is 1.70. The second-order valence-electron chi connectivity index (χ2n) is 3.37. The van der Waals surface area contributed by atoms with E-state index >= 15 is 0 Å². The third kappa shape index (κ3) is 1.43. The van der Waals surface area contributed by atoms with E-state index in [0.29, 0.717) is 6.10 Å². The summed E-state index contributed by atoms with van der Waals surface area (Å²) in [6, 6.07) is 0. The molecule has 2 nitrogen and oxygen atoms in total. The van der Waals surface area contributed by atoms with Crippen LogP contribution in [0.1, 0.15) is 25.7 Å². The first-order valence-electron chi connectivity index (χ1n) is 3.69. The van der Waals surface area contributed by atoms with E-state index in [1.165, 1.54) is 25.7 Å². The van der Waals surface area contributed by atoms with Crippen LogP contribution in [-0.2, 0) is 4.74 Å². The zero-order valence-electron chi connectivity index (χ0n) is 5.60. The molecule has 2 rings (SSSR count). The van der Waals surface area contributed by atoms with Gasteiger partial charge in [0.1, 0.15) is 0 Å². The highest BCUT2D eigenvalue weighted by Gasteiger charge is 2.40. The van der Waals surface area contributed by atoms with E-state index in [0.717, 1.165) is 6.61 Å². The van der Waals surface area contributed by atoms with Crippen LogP contribution < -0.4 is 5.73 Å². The minimum Gasteiger partial charge on any atom is -0.376 e. The van der Waals surface area contributed by atoms with Gasteiger partial charge in [0.05, 0.1) is 12.7 Å². The highest BCUT2D eigenvalue weighted by Crippen LogP contribution is 2.34.